The number of hydrogen-bond acceptors (Lipinski definition) is 4. The summed E-state index contributed by atoms with van der Waals surface area (Å²) >= 11 is 1.22. The number of halogens is 4. The molecule has 0 aromatic heterocycles. The third kappa shape index (κ3) is 5.44. The van der Waals surface area contributed by atoms with Crippen LogP contribution in [-0.4, -0.2) is 23.2 Å². The highest BCUT2D eigenvalue weighted by Gasteiger charge is 2.33. The van der Waals surface area contributed by atoms with Crippen LogP contribution in [0.2, 0.25) is 0 Å². The molecule has 3 aromatic rings. The highest BCUT2D eigenvalue weighted by Crippen LogP contribution is 2.40. The molecule has 0 saturated heterocycles. The monoisotopic (exact) mass is 499 g/mol. The van der Waals surface area contributed by atoms with Gasteiger partial charge in [0.25, 0.3) is 0 Å². The maximum atomic E-state index is 13.7. The van der Waals surface area contributed by atoms with Crippen molar-refractivity contribution in [3.05, 3.63) is 95.8 Å². The minimum Gasteiger partial charge on any atom is -0.297 e. The Morgan fingerprint density at radius 3 is 2.43 bits per heavy atom. The lowest BCUT2D eigenvalue weighted by atomic mass is 10.0. The Labute approximate surface area is 206 Å². The van der Waals surface area contributed by atoms with Gasteiger partial charge >= 0.3 is 6.18 Å². The number of likely N-dealkylation sites (N-methyl/N-ethyl adjacent to an activating group) is 1. The van der Waals surface area contributed by atoms with Crippen LogP contribution in [-0.2, 0) is 6.18 Å². The van der Waals surface area contributed by atoms with Gasteiger partial charge in [0.1, 0.15) is 11.7 Å². The Kier molecular flexibility index (Phi) is 7.33. The van der Waals surface area contributed by atoms with Gasteiger partial charge in [0.05, 0.1) is 23.0 Å². The molecular weight excluding hydrogens is 474 g/mol. The molecule has 1 atom stereocenters. The summed E-state index contributed by atoms with van der Waals surface area (Å²) in [7, 11) is 1.82. The average Bonchev–Trinajstić information content (AvgIpc) is 2.84. The number of alkyl halides is 3. The first-order valence-corrected chi connectivity index (χ1v) is 12.0. The van der Waals surface area contributed by atoms with E-state index in [2.05, 4.69) is 6.08 Å². The molecule has 0 fully saturated rings. The van der Waals surface area contributed by atoms with Gasteiger partial charge in [-0.05, 0) is 80.9 Å². The summed E-state index contributed by atoms with van der Waals surface area (Å²) in [5.74, 6) is 0.355. The zero-order valence-corrected chi connectivity index (χ0v) is 20.4. The average molecular weight is 500 g/mol. The number of rotatable bonds is 6. The van der Waals surface area contributed by atoms with Gasteiger partial charge in [0.15, 0.2) is 0 Å². The Bertz CT molecular complexity index is 1250. The van der Waals surface area contributed by atoms with Crippen molar-refractivity contribution in [2.24, 2.45) is 4.99 Å². The van der Waals surface area contributed by atoms with Crippen LogP contribution in [0.5, 0.6) is 0 Å². The van der Waals surface area contributed by atoms with Crippen LogP contribution in [0.3, 0.4) is 0 Å². The smallest absolute Gasteiger partial charge is 0.297 e. The SMILES string of the molecule is CCC=C1c2ccccc2N=C(C(C)N(C)Sc2cccc(C(F)(F)F)c2)N1c1ccc(F)cc1. The number of allylic oxidation sites excluding steroid dienone is 1. The van der Waals surface area contributed by atoms with Crippen LogP contribution < -0.4 is 4.90 Å². The van der Waals surface area contributed by atoms with Crippen molar-refractivity contribution in [2.45, 2.75) is 37.4 Å². The van der Waals surface area contributed by atoms with E-state index in [0.717, 1.165) is 41.2 Å². The maximum Gasteiger partial charge on any atom is 0.416 e. The number of nitrogens with zero attached hydrogens (tertiary/aromatic N) is 3. The van der Waals surface area contributed by atoms with Crippen molar-refractivity contribution in [2.75, 3.05) is 11.9 Å². The van der Waals surface area contributed by atoms with Crippen molar-refractivity contribution in [1.29, 1.82) is 0 Å². The molecule has 8 heteroatoms. The summed E-state index contributed by atoms with van der Waals surface area (Å²) in [6.45, 7) is 4.00. The zero-order valence-electron chi connectivity index (χ0n) is 19.6. The van der Waals surface area contributed by atoms with E-state index < -0.39 is 11.7 Å². The van der Waals surface area contributed by atoms with Gasteiger partial charge < -0.3 is 0 Å². The van der Waals surface area contributed by atoms with Crippen LogP contribution in [0.4, 0.5) is 28.9 Å². The normalized spacial score (nSPS) is 15.8. The van der Waals surface area contributed by atoms with Crippen molar-refractivity contribution >= 4 is 34.9 Å². The molecule has 182 valence electrons. The van der Waals surface area contributed by atoms with E-state index >= 15 is 0 Å². The van der Waals surface area contributed by atoms with Crippen LogP contribution in [0.15, 0.2) is 88.8 Å². The van der Waals surface area contributed by atoms with Crippen LogP contribution >= 0.6 is 11.9 Å². The summed E-state index contributed by atoms with van der Waals surface area (Å²) in [5, 5.41) is 0. The third-order valence-electron chi connectivity index (χ3n) is 5.70. The Hall–Kier alpha value is -3.10. The number of aliphatic imine (C=N–C) groups is 1. The van der Waals surface area contributed by atoms with Gasteiger partial charge in [-0.15, -0.1) is 0 Å². The van der Waals surface area contributed by atoms with Crippen molar-refractivity contribution in [3.8, 4) is 0 Å². The first-order chi connectivity index (χ1) is 16.7. The zero-order chi connectivity index (χ0) is 25.2. The summed E-state index contributed by atoms with van der Waals surface area (Å²) in [6.07, 6.45) is -1.53. The van der Waals surface area contributed by atoms with E-state index in [-0.39, 0.29) is 11.9 Å². The number of para-hydroxylation sites is 1. The number of amidine groups is 1. The lowest BCUT2D eigenvalue weighted by Gasteiger charge is -2.38. The van der Waals surface area contributed by atoms with E-state index in [4.69, 9.17) is 4.99 Å². The number of hydrogen-bond donors (Lipinski definition) is 0. The lowest BCUT2D eigenvalue weighted by Crippen LogP contribution is -2.44. The van der Waals surface area contributed by atoms with Gasteiger partial charge in [0, 0.05) is 16.1 Å². The second-order valence-electron chi connectivity index (χ2n) is 8.14. The molecule has 1 unspecified atom stereocenters. The molecule has 4 rings (SSSR count). The number of benzene rings is 3. The quantitative estimate of drug-likeness (QED) is 0.252. The maximum absolute atomic E-state index is 13.7. The minimum absolute atomic E-state index is 0.298. The fourth-order valence-electron chi connectivity index (χ4n) is 3.88. The van der Waals surface area contributed by atoms with E-state index in [1.165, 1.54) is 30.1 Å². The van der Waals surface area contributed by atoms with Gasteiger partial charge in [-0.1, -0.05) is 37.3 Å². The summed E-state index contributed by atoms with van der Waals surface area (Å²) in [4.78, 5) is 7.43. The van der Waals surface area contributed by atoms with E-state index in [1.54, 1.807) is 18.2 Å². The predicted octanol–water partition coefficient (Wildman–Crippen LogP) is 8.17. The third-order valence-corrected chi connectivity index (χ3v) is 6.77. The molecule has 0 bridgehead atoms. The molecule has 3 nitrogen and oxygen atoms in total. The van der Waals surface area contributed by atoms with Gasteiger partial charge in [-0.3, -0.25) is 4.90 Å². The molecule has 1 aliphatic rings. The molecule has 0 saturated carbocycles. The molecule has 1 aliphatic heterocycles. The number of fused-ring (bicyclic) bond motifs is 1. The molecule has 35 heavy (non-hydrogen) atoms. The highest BCUT2D eigenvalue weighted by molar-refractivity contribution is 7.97. The Morgan fingerprint density at radius 1 is 1.03 bits per heavy atom. The van der Waals surface area contributed by atoms with Gasteiger partial charge in [0.2, 0.25) is 0 Å². The molecular formula is C27H25F4N3S. The van der Waals surface area contributed by atoms with E-state index in [9.17, 15) is 17.6 Å². The fraction of sp³-hybridized carbons (Fsp3) is 0.222. The van der Waals surface area contributed by atoms with E-state index in [1.807, 2.05) is 54.4 Å². The van der Waals surface area contributed by atoms with Gasteiger partial charge in [-0.2, -0.15) is 13.2 Å². The largest absolute Gasteiger partial charge is 0.416 e. The number of anilines is 1. The van der Waals surface area contributed by atoms with Crippen LogP contribution in [0.25, 0.3) is 5.70 Å². The molecule has 0 radical (unpaired) electrons. The second kappa shape index (κ2) is 10.3. The standard InChI is InChI=1S/C27H25F4N3S/c1-4-8-25-23-11-5-6-12-24(23)32-26(34(25)21-15-13-20(28)14-16-21)18(2)33(3)35-22-10-7-9-19(17-22)27(29,30)31/h5-18H,4H2,1-3H3. The molecule has 0 N–H and O–H groups in total. The predicted molar refractivity (Wildman–Crippen MR) is 135 cm³/mol. The Morgan fingerprint density at radius 2 is 1.74 bits per heavy atom. The summed E-state index contributed by atoms with van der Waals surface area (Å²) in [5.41, 5.74) is 2.77. The fourth-order valence-corrected chi connectivity index (χ4v) is 4.78. The Balaban J connectivity index is 1.74. The first-order valence-electron chi connectivity index (χ1n) is 11.2. The lowest BCUT2D eigenvalue weighted by molar-refractivity contribution is -0.137. The highest BCUT2D eigenvalue weighted by atomic mass is 32.2. The molecule has 0 spiro atoms. The van der Waals surface area contributed by atoms with Crippen LogP contribution in [0, 0.1) is 5.82 Å². The van der Waals surface area contributed by atoms with Gasteiger partial charge in [-0.25, -0.2) is 13.7 Å². The van der Waals surface area contributed by atoms with Crippen molar-refractivity contribution in [1.82, 2.24) is 4.31 Å². The molecule has 1 heterocycles. The minimum atomic E-state index is -4.41. The van der Waals surface area contributed by atoms with Crippen LogP contribution in [0.1, 0.15) is 31.4 Å². The molecule has 0 amide bonds. The second-order valence-corrected chi connectivity index (χ2v) is 9.37. The first kappa shape index (κ1) is 25.0. The van der Waals surface area contributed by atoms with Crippen molar-refractivity contribution in [3.63, 3.8) is 0 Å². The molecule has 0 aliphatic carbocycles. The van der Waals surface area contributed by atoms with Crippen molar-refractivity contribution < 1.29 is 17.6 Å². The topological polar surface area (TPSA) is 18.8 Å². The molecule has 3 aromatic carbocycles. The summed E-state index contributed by atoms with van der Waals surface area (Å²) < 4.78 is 55.2. The van der Waals surface area contributed by atoms with E-state index in [0.29, 0.717) is 10.7 Å². The summed E-state index contributed by atoms with van der Waals surface area (Å²) in [6, 6.07) is 19.0.